The fourth-order valence-electron chi connectivity index (χ4n) is 0. The van der Waals surface area contributed by atoms with Gasteiger partial charge in [0.1, 0.15) is 7.91 Å². The zero-order valence-corrected chi connectivity index (χ0v) is 6.96. The van der Waals surface area contributed by atoms with E-state index in [1.165, 1.54) is 0 Å². The van der Waals surface area contributed by atoms with Crippen molar-refractivity contribution >= 4 is 7.91 Å². The topological polar surface area (TPSA) is 63.2 Å². The van der Waals surface area contributed by atoms with E-state index in [9.17, 15) is 4.20 Å². The fraction of sp³-hybridized carbons (Fsp3) is 0. The molecule has 0 saturated carbocycles. The second-order valence-electron chi connectivity index (χ2n) is 0.431. The summed E-state index contributed by atoms with van der Waals surface area (Å²) in [5, 5.41) is 0. The van der Waals surface area contributed by atoms with Crippen LogP contribution in [-0.4, -0.2) is 0 Å². The van der Waals surface area contributed by atoms with Crippen molar-refractivity contribution in [3.63, 3.8) is 0 Å². The minimum Gasteiger partial charge on any atom is -0.786 e. The molecule has 0 aromatic carbocycles. The molecule has 0 aliphatic heterocycles. The van der Waals surface area contributed by atoms with Crippen LogP contribution in [0.5, 0.6) is 0 Å². The third-order valence-corrected chi connectivity index (χ3v) is 0. The van der Waals surface area contributed by atoms with Gasteiger partial charge in [-0.05, 0) is 0 Å². The summed E-state index contributed by atoms with van der Waals surface area (Å²) in [6.07, 6.45) is 0. The molecule has 0 spiro atoms. The standard InChI is InChI=1S/FH2O3P.Fe.Li.Mn/c1-5(2,3)4;;;/h(H2,2,3,4);;;/q;+2;+1;+2/p-2. The van der Waals surface area contributed by atoms with E-state index in [2.05, 4.69) is 0 Å². The first-order chi connectivity index (χ1) is 2.00. The van der Waals surface area contributed by atoms with Gasteiger partial charge in [-0.25, -0.2) is 4.20 Å². The van der Waals surface area contributed by atoms with Crippen LogP contribution in [0.3, 0.4) is 0 Å². The molecule has 0 aromatic heterocycles. The molecule has 43 valence electrons. The Morgan fingerprint density at radius 2 is 1.38 bits per heavy atom. The van der Waals surface area contributed by atoms with Crippen molar-refractivity contribution in [2.75, 3.05) is 0 Å². The molecule has 0 atom stereocenters. The fourth-order valence-corrected chi connectivity index (χ4v) is 0. The summed E-state index contributed by atoms with van der Waals surface area (Å²) in [5.74, 6) is 0. The van der Waals surface area contributed by atoms with Crippen molar-refractivity contribution < 1.29 is 71.5 Å². The van der Waals surface area contributed by atoms with Crippen molar-refractivity contribution in [1.82, 2.24) is 0 Å². The van der Waals surface area contributed by atoms with E-state index >= 15 is 0 Å². The number of hydrogen-bond donors (Lipinski definition) is 0. The largest absolute Gasteiger partial charge is 2.00 e. The van der Waals surface area contributed by atoms with Crippen molar-refractivity contribution in [3.05, 3.63) is 0 Å². The zero-order chi connectivity index (χ0) is 4.50. The van der Waals surface area contributed by atoms with Crippen LogP contribution in [-0.2, 0) is 38.7 Å². The van der Waals surface area contributed by atoms with Crippen molar-refractivity contribution in [2.24, 2.45) is 0 Å². The molecule has 0 saturated heterocycles. The predicted molar refractivity (Wildman–Crippen MR) is 8.71 cm³/mol. The van der Waals surface area contributed by atoms with Gasteiger partial charge in [0.15, 0.2) is 0 Å². The van der Waals surface area contributed by atoms with Crippen LogP contribution in [0.4, 0.5) is 4.20 Å². The average Bonchev–Trinajstić information content (AvgIpc) is 0.722. The van der Waals surface area contributed by atoms with E-state index in [0.717, 1.165) is 0 Å². The average molecular weight is 216 g/mol. The maximum Gasteiger partial charge on any atom is 2.00 e. The SMILES string of the molecule is O=P([O-])([O-])F.[Fe+2].[Li+].[Mn+2]. The third-order valence-electron chi connectivity index (χ3n) is 0. The molecule has 8 heavy (non-hydrogen) atoms. The first kappa shape index (κ1) is 22.6. The first-order valence-corrected chi connectivity index (χ1v) is 2.15. The van der Waals surface area contributed by atoms with Gasteiger partial charge in [-0.2, -0.15) is 0 Å². The molecule has 0 unspecified atom stereocenters. The van der Waals surface area contributed by atoms with Gasteiger partial charge < -0.3 is 14.4 Å². The summed E-state index contributed by atoms with van der Waals surface area (Å²) >= 11 is 0. The van der Waals surface area contributed by atoms with Crippen LogP contribution in [0.2, 0.25) is 0 Å². The zero-order valence-electron chi connectivity index (χ0n) is 3.78. The smallest absolute Gasteiger partial charge is 0.786 e. The molecule has 8 heteroatoms. The van der Waals surface area contributed by atoms with Crippen molar-refractivity contribution in [3.8, 4) is 0 Å². The molecule has 0 aromatic rings. The summed E-state index contributed by atoms with van der Waals surface area (Å²) in [6.45, 7) is 0. The Morgan fingerprint density at radius 1 is 1.38 bits per heavy atom. The summed E-state index contributed by atoms with van der Waals surface area (Å²) < 4.78 is 18.6. The molecule has 0 rings (SSSR count). The van der Waals surface area contributed by atoms with E-state index < -0.39 is 7.91 Å². The molecular weight excluding hydrogens is 216 g/mol. The normalized spacial score (nSPS) is 7.38. The van der Waals surface area contributed by atoms with Crippen LogP contribution in [0, 0.1) is 0 Å². The van der Waals surface area contributed by atoms with Crippen LogP contribution in [0.1, 0.15) is 0 Å². The molecule has 0 aliphatic carbocycles. The first-order valence-electron chi connectivity index (χ1n) is 0.717. The second-order valence-corrected chi connectivity index (χ2v) is 1.29. The van der Waals surface area contributed by atoms with Crippen molar-refractivity contribution in [2.45, 2.75) is 0 Å². The minimum atomic E-state index is -5.64. The molecule has 0 aliphatic rings. The van der Waals surface area contributed by atoms with Gasteiger partial charge in [0.05, 0.1) is 0 Å². The molecule has 3 nitrogen and oxygen atoms in total. The van der Waals surface area contributed by atoms with E-state index in [0.29, 0.717) is 0 Å². The van der Waals surface area contributed by atoms with Crippen LogP contribution < -0.4 is 28.6 Å². The van der Waals surface area contributed by atoms with Crippen LogP contribution in [0.25, 0.3) is 0 Å². The Labute approximate surface area is 79.2 Å². The molecule has 0 amide bonds. The summed E-state index contributed by atoms with van der Waals surface area (Å²) in [4.78, 5) is 16.9. The van der Waals surface area contributed by atoms with Gasteiger partial charge in [-0.1, -0.05) is 0 Å². The minimum absolute atomic E-state index is 0. The van der Waals surface area contributed by atoms with Gasteiger partial charge >= 0.3 is 53.0 Å². The second kappa shape index (κ2) is 8.72. The summed E-state index contributed by atoms with van der Waals surface area (Å²) in [6, 6.07) is 0. The quantitative estimate of drug-likeness (QED) is 0.304. The Balaban J connectivity index is -0.0000000267. The van der Waals surface area contributed by atoms with E-state index in [4.69, 9.17) is 14.4 Å². The van der Waals surface area contributed by atoms with Gasteiger partial charge in [0, 0.05) is 0 Å². The molecule has 0 heterocycles. The molecule has 0 fully saturated rings. The van der Waals surface area contributed by atoms with E-state index in [1.807, 2.05) is 0 Å². The van der Waals surface area contributed by atoms with Gasteiger partial charge in [0.25, 0.3) is 0 Å². The maximum atomic E-state index is 10.1. The van der Waals surface area contributed by atoms with E-state index in [1.54, 1.807) is 0 Å². The Bertz CT molecular complexity index is 65.4. The van der Waals surface area contributed by atoms with Gasteiger partial charge in [-0.3, -0.25) is 0 Å². The molecule has 0 bridgehead atoms. The predicted octanol–water partition coefficient (Wildman–Crippen LogP) is -4.22. The van der Waals surface area contributed by atoms with Crippen LogP contribution >= 0.6 is 7.91 Å². The van der Waals surface area contributed by atoms with E-state index in [-0.39, 0.29) is 53.0 Å². The number of rotatable bonds is 0. The molecular formula is FFeLiMnO3P+3. The summed E-state index contributed by atoms with van der Waals surface area (Å²) in [5.41, 5.74) is 0. The Hall–Kier alpha value is 1.72. The molecule has 1 radical (unpaired) electrons. The Morgan fingerprint density at radius 3 is 1.38 bits per heavy atom. The number of halogens is 1. The van der Waals surface area contributed by atoms with Gasteiger partial charge in [-0.15, -0.1) is 0 Å². The molecule has 0 N–H and O–H groups in total. The number of hydrogen-bond acceptors (Lipinski definition) is 3. The summed E-state index contributed by atoms with van der Waals surface area (Å²) in [7, 11) is -5.64. The van der Waals surface area contributed by atoms with Crippen LogP contribution in [0.15, 0.2) is 0 Å². The van der Waals surface area contributed by atoms with Gasteiger partial charge in [0.2, 0.25) is 0 Å². The Kier molecular flexibility index (Phi) is 24.6. The third kappa shape index (κ3) is 118. The maximum absolute atomic E-state index is 10.1. The monoisotopic (exact) mass is 216 g/mol. The van der Waals surface area contributed by atoms with Crippen molar-refractivity contribution in [1.29, 1.82) is 0 Å².